The van der Waals surface area contributed by atoms with Gasteiger partial charge in [0, 0.05) is 16.6 Å². The molecule has 1 aliphatic rings. The molecular formula is C14H19Cl2N. The van der Waals surface area contributed by atoms with Crippen molar-refractivity contribution >= 4 is 23.2 Å². The number of benzene rings is 1. The van der Waals surface area contributed by atoms with E-state index in [-0.39, 0.29) is 0 Å². The molecule has 94 valence electrons. The largest absolute Gasteiger partial charge is 0.316 e. The third-order valence-electron chi connectivity index (χ3n) is 3.74. The van der Waals surface area contributed by atoms with Gasteiger partial charge >= 0.3 is 0 Å². The van der Waals surface area contributed by atoms with Crippen molar-refractivity contribution in [2.75, 3.05) is 13.1 Å². The Balaban J connectivity index is 2.07. The van der Waals surface area contributed by atoms with Crippen LogP contribution in [0.2, 0.25) is 10.0 Å². The quantitative estimate of drug-likeness (QED) is 0.842. The summed E-state index contributed by atoms with van der Waals surface area (Å²) in [6, 6.07) is 5.84. The Labute approximate surface area is 114 Å². The lowest BCUT2D eigenvalue weighted by atomic mass is 9.65. The van der Waals surface area contributed by atoms with Crippen LogP contribution in [0.25, 0.3) is 0 Å². The molecule has 0 aromatic heterocycles. The molecule has 2 rings (SSSR count). The van der Waals surface area contributed by atoms with Gasteiger partial charge in [-0.25, -0.2) is 0 Å². The summed E-state index contributed by atoms with van der Waals surface area (Å²) in [5, 5.41) is 4.99. The average molecular weight is 272 g/mol. The Bertz CT molecular complexity index is 386. The molecule has 0 heterocycles. The van der Waals surface area contributed by atoms with Crippen molar-refractivity contribution in [1.29, 1.82) is 0 Å². The zero-order valence-electron chi connectivity index (χ0n) is 10.2. The molecule has 1 aromatic rings. The summed E-state index contributed by atoms with van der Waals surface area (Å²) in [7, 11) is 0. The van der Waals surface area contributed by atoms with E-state index in [9.17, 15) is 0 Å². The highest BCUT2D eigenvalue weighted by molar-refractivity contribution is 6.35. The fourth-order valence-corrected chi connectivity index (χ4v) is 3.03. The van der Waals surface area contributed by atoms with Crippen LogP contribution in [0.4, 0.5) is 0 Å². The van der Waals surface area contributed by atoms with Gasteiger partial charge in [-0.1, -0.05) is 42.6 Å². The lowest BCUT2D eigenvalue weighted by Gasteiger charge is -2.42. The Morgan fingerprint density at radius 2 is 2.06 bits per heavy atom. The molecule has 1 aliphatic carbocycles. The summed E-state index contributed by atoms with van der Waals surface area (Å²) >= 11 is 12.2. The zero-order chi connectivity index (χ0) is 12.3. The van der Waals surface area contributed by atoms with Crippen LogP contribution in [0.1, 0.15) is 31.7 Å². The second-order valence-electron chi connectivity index (χ2n) is 5.05. The topological polar surface area (TPSA) is 12.0 Å². The summed E-state index contributed by atoms with van der Waals surface area (Å²) in [6.45, 7) is 4.29. The number of halogens is 2. The first-order chi connectivity index (χ1) is 8.15. The first-order valence-electron chi connectivity index (χ1n) is 6.30. The average Bonchev–Trinajstić information content (AvgIpc) is 2.25. The van der Waals surface area contributed by atoms with Crippen LogP contribution in [0.5, 0.6) is 0 Å². The van der Waals surface area contributed by atoms with E-state index >= 15 is 0 Å². The molecule has 1 saturated carbocycles. The lowest BCUT2D eigenvalue weighted by molar-refractivity contribution is 0.131. The second kappa shape index (κ2) is 5.60. The molecule has 0 saturated heterocycles. The van der Waals surface area contributed by atoms with E-state index in [0.29, 0.717) is 10.4 Å². The van der Waals surface area contributed by atoms with E-state index in [1.807, 2.05) is 12.1 Å². The van der Waals surface area contributed by atoms with Crippen LogP contribution in [0.15, 0.2) is 18.2 Å². The molecule has 0 aliphatic heterocycles. The maximum Gasteiger partial charge on any atom is 0.0453 e. The van der Waals surface area contributed by atoms with Crippen LogP contribution in [0.3, 0.4) is 0 Å². The fraction of sp³-hybridized carbons (Fsp3) is 0.571. The number of hydrogen-bond acceptors (Lipinski definition) is 1. The Morgan fingerprint density at radius 1 is 1.29 bits per heavy atom. The zero-order valence-corrected chi connectivity index (χ0v) is 11.7. The van der Waals surface area contributed by atoms with Crippen LogP contribution < -0.4 is 5.32 Å². The van der Waals surface area contributed by atoms with Crippen molar-refractivity contribution in [3.63, 3.8) is 0 Å². The molecule has 1 fully saturated rings. The Kier molecular flexibility index (Phi) is 4.35. The molecular weight excluding hydrogens is 253 g/mol. The maximum absolute atomic E-state index is 6.25. The molecule has 1 nitrogen and oxygen atoms in total. The SMILES string of the molecule is CCNCC1(Cc2ccc(Cl)cc2Cl)CCC1. The van der Waals surface area contributed by atoms with Crippen molar-refractivity contribution < 1.29 is 0 Å². The highest BCUT2D eigenvalue weighted by Gasteiger charge is 2.36. The van der Waals surface area contributed by atoms with E-state index in [4.69, 9.17) is 23.2 Å². The van der Waals surface area contributed by atoms with E-state index in [2.05, 4.69) is 18.3 Å². The van der Waals surface area contributed by atoms with Crippen molar-refractivity contribution in [3.8, 4) is 0 Å². The standard InChI is InChI=1S/C14H19Cl2N/c1-2-17-10-14(6-3-7-14)9-11-4-5-12(15)8-13(11)16/h4-5,8,17H,2-3,6-7,9-10H2,1H3. The van der Waals surface area contributed by atoms with Gasteiger partial charge in [0.2, 0.25) is 0 Å². The molecule has 0 spiro atoms. The minimum absolute atomic E-state index is 0.424. The van der Waals surface area contributed by atoms with E-state index in [1.54, 1.807) is 0 Å². The van der Waals surface area contributed by atoms with Crippen molar-refractivity contribution in [1.82, 2.24) is 5.32 Å². The minimum Gasteiger partial charge on any atom is -0.316 e. The highest BCUT2D eigenvalue weighted by Crippen LogP contribution is 2.44. The summed E-state index contributed by atoms with van der Waals surface area (Å²) in [6.07, 6.45) is 5.02. The smallest absolute Gasteiger partial charge is 0.0453 e. The Morgan fingerprint density at radius 3 is 2.59 bits per heavy atom. The summed E-state index contributed by atoms with van der Waals surface area (Å²) in [4.78, 5) is 0. The molecule has 17 heavy (non-hydrogen) atoms. The monoisotopic (exact) mass is 271 g/mol. The van der Waals surface area contributed by atoms with Crippen molar-refractivity contribution in [3.05, 3.63) is 33.8 Å². The van der Waals surface area contributed by atoms with Gasteiger partial charge < -0.3 is 5.32 Å². The van der Waals surface area contributed by atoms with Gasteiger partial charge in [-0.2, -0.15) is 0 Å². The van der Waals surface area contributed by atoms with E-state index in [0.717, 1.165) is 24.5 Å². The Hall–Kier alpha value is -0.240. The van der Waals surface area contributed by atoms with Crippen molar-refractivity contribution in [2.24, 2.45) is 5.41 Å². The van der Waals surface area contributed by atoms with Gasteiger partial charge in [0.1, 0.15) is 0 Å². The van der Waals surface area contributed by atoms with Crippen LogP contribution in [0, 0.1) is 5.41 Å². The van der Waals surface area contributed by atoms with E-state index in [1.165, 1.54) is 24.8 Å². The number of rotatable bonds is 5. The molecule has 0 atom stereocenters. The van der Waals surface area contributed by atoms with Gasteiger partial charge in [0.25, 0.3) is 0 Å². The fourth-order valence-electron chi connectivity index (χ4n) is 2.55. The molecule has 0 bridgehead atoms. The molecule has 0 amide bonds. The first kappa shape index (κ1) is 13.2. The molecule has 0 radical (unpaired) electrons. The third kappa shape index (κ3) is 3.15. The van der Waals surface area contributed by atoms with Crippen LogP contribution >= 0.6 is 23.2 Å². The second-order valence-corrected chi connectivity index (χ2v) is 5.89. The molecule has 1 N–H and O–H groups in total. The summed E-state index contributed by atoms with van der Waals surface area (Å²) in [5.41, 5.74) is 1.65. The lowest BCUT2D eigenvalue weighted by Crippen LogP contribution is -2.41. The van der Waals surface area contributed by atoms with Gasteiger partial charge in [-0.3, -0.25) is 0 Å². The normalized spacial score (nSPS) is 17.8. The molecule has 1 aromatic carbocycles. The molecule has 3 heteroatoms. The van der Waals surface area contributed by atoms with Crippen LogP contribution in [-0.2, 0) is 6.42 Å². The van der Waals surface area contributed by atoms with E-state index < -0.39 is 0 Å². The number of nitrogens with one attached hydrogen (secondary N) is 1. The third-order valence-corrected chi connectivity index (χ3v) is 4.33. The van der Waals surface area contributed by atoms with Crippen molar-refractivity contribution in [2.45, 2.75) is 32.6 Å². The first-order valence-corrected chi connectivity index (χ1v) is 7.05. The maximum atomic E-state index is 6.25. The summed E-state index contributed by atoms with van der Waals surface area (Å²) < 4.78 is 0. The predicted octanol–water partition coefficient (Wildman–Crippen LogP) is 4.32. The highest BCUT2D eigenvalue weighted by atomic mass is 35.5. The predicted molar refractivity (Wildman–Crippen MR) is 75.0 cm³/mol. The van der Waals surface area contributed by atoms with Crippen LogP contribution in [-0.4, -0.2) is 13.1 Å². The van der Waals surface area contributed by atoms with Gasteiger partial charge in [0.05, 0.1) is 0 Å². The van der Waals surface area contributed by atoms with Gasteiger partial charge in [-0.05, 0) is 48.9 Å². The number of hydrogen-bond donors (Lipinski definition) is 1. The summed E-state index contributed by atoms with van der Waals surface area (Å²) in [5.74, 6) is 0. The van der Waals surface area contributed by atoms with Gasteiger partial charge in [0.15, 0.2) is 0 Å². The minimum atomic E-state index is 0.424. The molecule has 0 unspecified atom stereocenters. The van der Waals surface area contributed by atoms with Gasteiger partial charge in [-0.15, -0.1) is 0 Å².